The molecule has 0 aromatic heterocycles. The summed E-state index contributed by atoms with van der Waals surface area (Å²) in [7, 11) is 0. The number of nitro benzene ring substituents is 1. The Morgan fingerprint density at radius 2 is 2.00 bits per heavy atom. The van der Waals surface area contributed by atoms with Crippen molar-refractivity contribution in [3.05, 3.63) is 69.5 Å². The van der Waals surface area contributed by atoms with Gasteiger partial charge in [0.1, 0.15) is 11.9 Å². The van der Waals surface area contributed by atoms with Gasteiger partial charge in [0.2, 0.25) is 6.04 Å². The van der Waals surface area contributed by atoms with E-state index in [1.165, 1.54) is 24.3 Å². The Morgan fingerprint density at radius 1 is 1.23 bits per heavy atom. The smallest absolute Gasteiger partial charge is 0.269 e. The van der Waals surface area contributed by atoms with Gasteiger partial charge in [-0.05, 0) is 11.2 Å². The van der Waals surface area contributed by atoms with Gasteiger partial charge in [-0.25, -0.2) is 4.39 Å². The van der Waals surface area contributed by atoms with Crippen LogP contribution < -0.4 is 10.2 Å². The third-order valence-corrected chi connectivity index (χ3v) is 3.69. The van der Waals surface area contributed by atoms with E-state index < -0.39 is 17.0 Å². The highest BCUT2D eigenvalue weighted by Crippen LogP contribution is 2.34. The lowest BCUT2D eigenvalue weighted by Crippen LogP contribution is -2.64. The van der Waals surface area contributed by atoms with E-state index >= 15 is 0 Å². The summed E-state index contributed by atoms with van der Waals surface area (Å²) in [6.45, 7) is 0. The van der Waals surface area contributed by atoms with Gasteiger partial charge in [-0.3, -0.25) is 10.1 Å². The maximum Gasteiger partial charge on any atom is 0.269 e. The van der Waals surface area contributed by atoms with Crippen molar-refractivity contribution in [3.8, 4) is 5.75 Å². The van der Waals surface area contributed by atoms with E-state index in [1.807, 2.05) is 0 Å². The summed E-state index contributed by atoms with van der Waals surface area (Å²) in [6.07, 6.45) is 0.372. The lowest BCUT2D eigenvalue weighted by molar-refractivity contribution is -0.565. The molecule has 2 unspecified atom stereocenters. The zero-order valence-electron chi connectivity index (χ0n) is 11.4. The Kier molecular flexibility index (Phi) is 3.54. The molecule has 0 radical (unpaired) electrons. The van der Waals surface area contributed by atoms with Gasteiger partial charge < -0.3 is 5.11 Å². The second-order valence-corrected chi connectivity index (χ2v) is 5.06. The SMILES string of the molecule is O=[N+]([O-])c1ccc([O-])c(C2CC(c3ccccc3F)N=[NH+]2)c1. The fourth-order valence-electron chi connectivity index (χ4n) is 2.57. The average Bonchev–Trinajstić information content (AvgIpc) is 2.97. The van der Waals surface area contributed by atoms with E-state index in [2.05, 4.69) is 10.2 Å². The number of non-ortho nitro benzene ring substituents is 1. The highest BCUT2D eigenvalue weighted by Gasteiger charge is 2.33. The molecule has 1 heterocycles. The third-order valence-electron chi connectivity index (χ3n) is 3.69. The first-order valence-electron chi connectivity index (χ1n) is 6.71. The van der Waals surface area contributed by atoms with Gasteiger partial charge >= 0.3 is 0 Å². The van der Waals surface area contributed by atoms with Gasteiger partial charge in [0.25, 0.3) is 5.69 Å². The van der Waals surface area contributed by atoms with Crippen LogP contribution in [0.3, 0.4) is 0 Å². The summed E-state index contributed by atoms with van der Waals surface area (Å²) < 4.78 is 13.8. The number of nitrogens with one attached hydrogen (secondary N) is 1. The molecule has 0 amide bonds. The summed E-state index contributed by atoms with van der Waals surface area (Å²) in [6, 6.07) is 9.01. The zero-order valence-corrected chi connectivity index (χ0v) is 11.4. The Balaban J connectivity index is 1.88. The van der Waals surface area contributed by atoms with Crippen LogP contribution in [0.15, 0.2) is 47.6 Å². The maximum absolute atomic E-state index is 13.8. The molecule has 0 aliphatic carbocycles. The van der Waals surface area contributed by atoms with Gasteiger partial charge in [0.05, 0.1) is 4.92 Å². The molecule has 6 nitrogen and oxygen atoms in total. The van der Waals surface area contributed by atoms with Crippen molar-refractivity contribution in [1.29, 1.82) is 0 Å². The van der Waals surface area contributed by atoms with Crippen LogP contribution >= 0.6 is 0 Å². The Morgan fingerprint density at radius 3 is 2.73 bits per heavy atom. The Bertz CT molecular complexity index is 763. The average molecular weight is 301 g/mol. The van der Waals surface area contributed by atoms with Gasteiger partial charge in [-0.15, -0.1) is 5.11 Å². The van der Waals surface area contributed by atoms with Crippen LogP contribution in [-0.2, 0) is 0 Å². The normalized spacial score (nSPS) is 20.2. The van der Waals surface area contributed by atoms with E-state index in [1.54, 1.807) is 18.2 Å². The topological polar surface area (TPSA) is 92.5 Å². The monoisotopic (exact) mass is 301 g/mol. The van der Waals surface area contributed by atoms with Crippen molar-refractivity contribution >= 4 is 5.69 Å². The van der Waals surface area contributed by atoms with E-state index in [0.29, 0.717) is 12.0 Å². The molecule has 2 aromatic carbocycles. The molecule has 112 valence electrons. The predicted molar refractivity (Wildman–Crippen MR) is 72.4 cm³/mol. The molecule has 0 bridgehead atoms. The van der Waals surface area contributed by atoms with Crippen LogP contribution in [0.5, 0.6) is 5.75 Å². The predicted octanol–water partition coefficient (Wildman–Crippen LogP) is 1.53. The van der Waals surface area contributed by atoms with Gasteiger partial charge in [0.15, 0.2) is 0 Å². The molecule has 0 saturated heterocycles. The summed E-state index contributed by atoms with van der Waals surface area (Å²) in [4.78, 5) is 10.3. The Labute approximate surface area is 125 Å². The molecule has 0 spiro atoms. The van der Waals surface area contributed by atoms with Crippen molar-refractivity contribution in [2.45, 2.75) is 18.5 Å². The zero-order chi connectivity index (χ0) is 15.7. The molecule has 22 heavy (non-hydrogen) atoms. The van der Waals surface area contributed by atoms with Crippen molar-refractivity contribution in [2.24, 2.45) is 5.11 Å². The molecular formula is C15H12FN3O3. The standard InChI is InChI=1S/C15H12FN3O3/c16-12-4-2-1-3-10(12)13-8-14(18-17-13)11-7-9(19(21)22)5-6-15(11)20/h1-7,13-14,20H,8H2. The summed E-state index contributed by atoms with van der Waals surface area (Å²) in [5, 5.41) is 29.7. The third kappa shape index (κ3) is 2.52. The highest BCUT2D eigenvalue weighted by molar-refractivity contribution is 5.43. The van der Waals surface area contributed by atoms with Crippen molar-refractivity contribution in [2.75, 3.05) is 0 Å². The number of hydrogen-bond acceptors (Lipinski definition) is 4. The van der Waals surface area contributed by atoms with E-state index in [9.17, 15) is 19.6 Å². The quantitative estimate of drug-likeness (QED) is 0.688. The molecule has 1 N–H and O–H groups in total. The summed E-state index contributed by atoms with van der Waals surface area (Å²) >= 11 is 0. The molecule has 1 aliphatic rings. The molecule has 2 atom stereocenters. The second-order valence-electron chi connectivity index (χ2n) is 5.06. The maximum atomic E-state index is 13.8. The number of halogens is 1. The first-order chi connectivity index (χ1) is 10.6. The van der Waals surface area contributed by atoms with Crippen molar-refractivity contribution < 1.29 is 19.5 Å². The molecule has 1 aliphatic heterocycles. The van der Waals surface area contributed by atoms with E-state index in [0.717, 1.165) is 0 Å². The molecule has 3 rings (SSSR count). The van der Waals surface area contributed by atoms with E-state index in [4.69, 9.17) is 0 Å². The summed E-state index contributed by atoms with van der Waals surface area (Å²) in [5.41, 5.74) is 0.568. The lowest BCUT2D eigenvalue weighted by atomic mass is 9.96. The van der Waals surface area contributed by atoms with Crippen molar-refractivity contribution in [1.82, 2.24) is 0 Å². The molecule has 2 aromatic rings. The number of hydrogen-bond donors (Lipinski definition) is 1. The number of azo groups is 1. The van der Waals surface area contributed by atoms with Crippen LogP contribution in [0.1, 0.15) is 29.6 Å². The fourth-order valence-corrected chi connectivity index (χ4v) is 2.57. The molecule has 0 saturated carbocycles. The van der Waals surface area contributed by atoms with Gasteiger partial charge in [-0.2, -0.15) is 0 Å². The van der Waals surface area contributed by atoms with Crippen LogP contribution in [0.4, 0.5) is 10.1 Å². The minimum atomic E-state index is -0.552. The first-order valence-corrected chi connectivity index (χ1v) is 6.71. The van der Waals surface area contributed by atoms with E-state index in [-0.39, 0.29) is 22.8 Å². The minimum absolute atomic E-state index is 0.147. The second kappa shape index (κ2) is 5.51. The molecule has 7 heteroatoms. The van der Waals surface area contributed by atoms with Crippen LogP contribution in [-0.4, -0.2) is 4.92 Å². The fraction of sp³-hybridized carbons (Fsp3) is 0.200. The van der Waals surface area contributed by atoms with Gasteiger partial charge in [0, 0.05) is 29.7 Å². The molecular weight excluding hydrogens is 289 g/mol. The van der Waals surface area contributed by atoms with Crippen LogP contribution in [0.2, 0.25) is 0 Å². The number of nitrogens with zero attached hydrogens (tertiary/aromatic N) is 2. The Hall–Kier alpha value is -2.83. The highest BCUT2D eigenvalue weighted by atomic mass is 19.1. The summed E-state index contributed by atoms with van der Waals surface area (Å²) in [5.74, 6) is -0.660. The largest absolute Gasteiger partial charge is 0.872 e. The molecule has 0 fully saturated rings. The number of rotatable bonds is 3. The van der Waals surface area contributed by atoms with Crippen LogP contribution in [0.25, 0.3) is 0 Å². The minimum Gasteiger partial charge on any atom is -0.872 e. The van der Waals surface area contributed by atoms with Crippen molar-refractivity contribution in [3.63, 3.8) is 0 Å². The lowest BCUT2D eigenvalue weighted by Gasteiger charge is -2.13. The van der Waals surface area contributed by atoms with Crippen LogP contribution in [0, 0.1) is 15.9 Å². The van der Waals surface area contributed by atoms with Gasteiger partial charge in [-0.1, -0.05) is 30.0 Å². The first kappa shape index (κ1) is 14.1. The number of nitro groups is 1. The number of benzene rings is 2.